The summed E-state index contributed by atoms with van der Waals surface area (Å²) in [6.45, 7) is 1.20. The first-order valence-electron chi connectivity index (χ1n) is 7.88. The second-order valence-corrected chi connectivity index (χ2v) is 6.13. The summed E-state index contributed by atoms with van der Waals surface area (Å²) < 4.78 is 0. The third-order valence-corrected chi connectivity index (χ3v) is 4.28. The Balaban J connectivity index is 1.79. The van der Waals surface area contributed by atoms with Crippen LogP contribution in [0.2, 0.25) is 5.15 Å². The van der Waals surface area contributed by atoms with Crippen molar-refractivity contribution in [2.75, 3.05) is 13.1 Å². The average molecular weight is 344 g/mol. The number of nitrogens with zero attached hydrogens (tertiary/aromatic N) is 2. The van der Waals surface area contributed by atoms with Crippen LogP contribution < -0.4 is 5.32 Å². The topological polar surface area (TPSA) is 62.3 Å². The summed E-state index contributed by atoms with van der Waals surface area (Å²) in [6, 6.07) is 12.5. The van der Waals surface area contributed by atoms with Crippen LogP contribution in [0.4, 0.5) is 0 Å². The number of likely N-dealkylation sites (tertiary alicyclic amines) is 1. The van der Waals surface area contributed by atoms with E-state index < -0.39 is 0 Å². The molecule has 124 valence electrons. The molecule has 1 aliphatic rings. The molecule has 1 saturated heterocycles. The number of halogens is 1. The first-order valence-corrected chi connectivity index (χ1v) is 8.26. The molecular weight excluding hydrogens is 326 g/mol. The van der Waals surface area contributed by atoms with Gasteiger partial charge in [0.25, 0.3) is 5.91 Å². The number of benzene rings is 1. The third-order valence-electron chi connectivity index (χ3n) is 4.07. The van der Waals surface area contributed by atoms with Crippen molar-refractivity contribution in [1.82, 2.24) is 15.2 Å². The largest absolute Gasteiger partial charge is 0.343 e. The fourth-order valence-electron chi connectivity index (χ4n) is 2.82. The van der Waals surface area contributed by atoms with Crippen molar-refractivity contribution in [3.8, 4) is 0 Å². The van der Waals surface area contributed by atoms with E-state index in [4.69, 9.17) is 11.6 Å². The van der Waals surface area contributed by atoms with E-state index >= 15 is 0 Å². The SMILES string of the molecule is O=C(N[C@H](CN1CCCC1=O)c1ccccc1)c1ccnc(Cl)c1. The molecule has 0 unspecified atom stereocenters. The van der Waals surface area contributed by atoms with Crippen LogP contribution in [0.1, 0.15) is 34.8 Å². The Kier molecular flexibility index (Phi) is 5.11. The standard InChI is InChI=1S/C18H18ClN3O2/c19-16-11-14(8-9-20-16)18(24)21-15(13-5-2-1-3-6-13)12-22-10-4-7-17(22)23/h1-3,5-6,8-9,11,15H,4,7,10,12H2,(H,21,24)/t15-/m1/s1. The number of amides is 2. The lowest BCUT2D eigenvalue weighted by Crippen LogP contribution is -2.38. The summed E-state index contributed by atoms with van der Waals surface area (Å²) in [7, 11) is 0. The van der Waals surface area contributed by atoms with Gasteiger partial charge in [0.05, 0.1) is 6.04 Å². The van der Waals surface area contributed by atoms with Crippen LogP contribution in [-0.2, 0) is 4.79 Å². The van der Waals surface area contributed by atoms with Crippen molar-refractivity contribution in [2.45, 2.75) is 18.9 Å². The third kappa shape index (κ3) is 3.92. The highest BCUT2D eigenvalue weighted by atomic mass is 35.5. The van der Waals surface area contributed by atoms with Crippen LogP contribution >= 0.6 is 11.6 Å². The zero-order valence-corrected chi connectivity index (χ0v) is 13.9. The highest BCUT2D eigenvalue weighted by molar-refractivity contribution is 6.29. The van der Waals surface area contributed by atoms with Crippen molar-refractivity contribution in [3.63, 3.8) is 0 Å². The van der Waals surface area contributed by atoms with Crippen LogP contribution in [0, 0.1) is 0 Å². The molecule has 6 heteroatoms. The van der Waals surface area contributed by atoms with Gasteiger partial charge in [0, 0.05) is 31.3 Å². The van der Waals surface area contributed by atoms with Crippen molar-refractivity contribution < 1.29 is 9.59 Å². The molecule has 0 spiro atoms. The molecule has 0 radical (unpaired) electrons. The molecule has 5 nitrogen and oxygen atoms in total. The molecule has 2 aromatic rings. The molecule has 0 bridgehead atoms. The van der Waals surface area contributed by atoms with E-state index in [1.807, 2.05) is 30.3 Å². The Morgan fingerprint density at radius 3 is 2.75 bits per heavy atom. The average Bonchev–Trinajstić information content (AvgIpc) is 3.00. The number of pyridine rings is 1. The minimum Gasteiger partial charge on any atom is -0.343 e. The van der Waals surface area contributed by atoms with Gasteiger partial charge >= 0.3 is 0 Å². The lowest BCUT2D eigenvalue weighted by Gasteiger charge is -2.25. The zero-order valence-electron chi connectivity index (χ0n) is 13.1. The van der Waals surface area contributed by atoms with Gasteiger partial charge < -0.3 is 10.2 Å². The van der Waals surface area contributed by atoms with Gasteiger partial charge in [-0.05, 0) is 24.1 Å². The van der Waals surface area contributed by atoms with Crippen molar-refractivity contribution in [2.24, 2.45) is 0 Å². The number of carbonyl (C=O) groups is 2. The fourth-order valence-corrected chi connectivity index (χ4v) is 3.00. The summed E-state index contributed by atoms with van der Waals surface area (Å²) in [5.41, 5.74) is 1.41. The number of aromatic nitrogens is 1. The van der Waals surface area contributed by atoms with E-state index in [-0.39, 0.29) is 23.0 Å². The minimum absolute atomic E-state index is 0.136. The summed E-state index contributed by atoms with van der Waals surface area (Å²) >= 11 is 5.86. The van der Waals surface area contributed by atoms with E-state index in [2.05, 4.69) is 10.3 Å². The monoisotopic (exact) mass is 343 g/mol. The summed E-state index contributed by atoms with van der Waals surface area (Å²) in [4.78, 5) is 30.2. The van der Waals surface area contributed by atoms with E-state index in [1.165, 1.54) is 12.3 Å². The highest BCUT2D eigenvalue weighted by Gasteiger charge is 2.25. The summed E-state index contributed by atoms with van der Waals surface area (Å²) in [5, 5.41) is 3.28. The fraction of sp³-hybridized carbons (Fsp3) is 0.278. The molecule has 1 atom stereocenters. The second-order valence-electron chi connectivity index (χ2n) is 5.75. The van der Waals surface area contributed by atoms with Crippen LogP contribution in [0.3, 0.4) is 0 Å². The maximum atomic E-state index is 12.5. The van der Waals surface area contributed by atoms with Gasteiger partial charge in [-0.15, -0.1) is 0 Å². The highest BCUT2D eigenvalue weighted by Crippen LogP contribution is 2.19. The minimum atomic E-state index is -0.271. The van der Waals surface area contributed by atoms with Gasteiger partial charge in [0.1, 0.15) is 5.15 Å². The maximum Gasteiger partial charge on any atom is 0.251 e. The predicted molar refractivity (Wildman–Crippen MR) is 91.7 cm³/mol. The molecule has 1 aromatic heterocycles. The van der Waals surface area contributed by atoms with E-state index in [9.17, 15) is 9.59 Å². The summed E-state index contributed by atoms with van der Waals surface area (Å²) in [5.74, 6) is -0.100. The Morgan fingerprint density at radius 1 is 1.29 bits per heavy atom. The molecule has 0 saturated carbocycles. The van der Waals surface area contributed by atoms with E-state index in [0.717, 1.165) is 18.5 Å². The van der Waals surface area contributed by atoms with E-state index in [1.54, 1.807) is 11.0 Å². The molecular formula is C18H18ClN3O2. The van der Waals surface area contributed by atoms with Crippen molar-refractivity contribution >= 4 is 23.4 Å². The second kappa shape index (κ2) is 7.45. The molecule has 0 aliphatic carbocycles. The quantitative estimate of drug-likeness (QED) is 0.849. The molecule has 1 aliphatic heterocycles. The number of carbonyl (C=O) groups excluding carboxylic acids is 2. The predicted octanol–water partition coefficient (Wildman–Crippen LogP) is 2.83. The lowest BCUT2D eigenvalue weighted by molar-refractivity contribution is -0.128. The normalized spacial score (nSPS) is 15.4. The molecule has 3 rings (SSSR count). The van der Waals surface area contributed by atoms with Crippen molar-refractivity contribution in [3.05, 3.63) is 64.9 Å². The van der Waals surface area contributed by atoms with Gasteiger partial charge in [0.2, 0.25) is 5.91 Å². The van der Waals surface area contributed by atoms with Gasteiger partial charge in [-0.3, -0.25) is 9.59 Å². The molecule has 1 fully saturated rings. The van der Waals surface area contributed by atoms with Gasteiger partial charge in [-0.25, -0.2) is 4.98 Å². The number of rotatable bonds is 5. The molecule has 2 heterocycles. The Hall–Kier alpha value is -2.40. The number of nitrogens with one attached hydrogen (secondary N) is 1. The van der Waals surface area contributed by atoms with Gasteiger partial charge in [-0.1, -0.05) is 41.9 Å². The zero-order chi connectivity index (χ0) is 16.9. The van der Waals surface area contributed by atoms with Crippen LogP contribution in [-0.4, -0.2) is 34.8 Å². The molecule has 2 amide bonds. The summed E-state index contributed by atoms with van der Waals surface area (Å²) in [6.07, 6.45) is 2.95. The maximum absolute atomic E-state index is 12.5. The first-order chi connectivity index (χ1) is 11.6. The molecule has 1 N–H and O–H groups in total. The Bertz CT molecular complexity index is 736. The molecule has 24 heavy (non-hydrogen) atoms. The van der Waals surface area contributed by atoms with Gasteiger partial charge in [-0.2, -0.15) is 0 Å². The van der Waals surface area contributed by atoms with Crippen molar-refractivity contribution in [1.29, 1.82) is 0 Å². The smallest absolute Gasteiger partial charge is 0.251 e. The van der Waals surface area contributed by atoms with Crippen LogP contribution in [0.15, 0.2) is 48.7 Å². The van der Waals surface area contributed by atoms with E-state index in [0.29, 0.717) is 18.5 Å². The van der Waals surface area contributed by atoms with Crippen LogP contribution in [0.5, 0.6) is 0 Å². The lowest BCUT2D eigenvalue weighted by atomic mass is 10.1. The Labute approximate surface area is 145 Å². The number of hydrogen-bond donors (Lipinski definition) is 1. The van der Waals surface area contributed by atoms with Gasteiger partial charge in [0.15, 0.2) is 0 Å². The Morgan fingerprint density at radius 2 is 2.08 bits per heavy atom. The first kappa shape index (κ1) is 16.5. The number of hydrogen-bond acceptors (Lipinski definition) is 3. The van der Waals surface area contributed by atoms with Crippen LogP contribution in [0.25, 0.3) is 0 Å². The molecule has 1 aromatic carbocycles.